The van der Waals surface area contributed by atoms with Gasteiger partial charge < -0.3 is 10.1 Å². The van der Waals surface area contributed by atoms with E-state index in [2.05, 4.69) is 15.4 Å². The van der Waals surface area contributed by atoms with Crippen LogP contribution in [0.3, 0.4) is 0 Å². The van der Waals surface area contributed by atoms with Gasteiger partial charge in [0.05, 0.1) is 17.9 Å². The third-order valence-corrected chi connectivity index (χ3v) is 4.77. The fraction of sp³-hybridized carbons (Fsp3) is 0.125. The highest BCUT2D eigenvalue weighted by molar-refractivity contribution is 6.04. The Hall–Kier alpha value is -4.21. The van der Waals surface area contributed by atoms with E-state index in [4.69, 9.17) is 4.74 Å². The van der Waals surface area contributed by atoms with Crippen LogP contribution in [-0.4, -0.2) is 27.3 Å². The van der Waals surface area contributed by atoms with Crippen LogP contribution in [-0.2, 0) is 6.18 Å². The van der Waals surface area contributed by atoms with Crippen molar-refractivity contribution in [3.05, 3.63) is 89.7 Å². The number of ether oxygens (including phenoxy) is 1. The van der Waals surface area contributed by atoms with E-state index in [1.165, 1.54) is 16.8 Å². The number of amides is 1. The molecular weight excluding hydrogens is 452 g/mol. The maximum atomic E-state index is 13.8. The van der Waals surface area contributed by atoms with Crippen molar-refractivity contribution in [2.24, 2.45) is 0 Å². The van der Waals surface area contributed by atoms with E-state index in [0.29, 0.717) is 29.4 Å². The number of nitrogens with one attached hydrogen (secondary N) is 1. The lowest BCUT2D eigenvalue weighted by Crippen LogP contribution is -2.13. The molecule has 1 heterocycles. The lowest BCUT2D eigenvalue weighted by atomic mass is 10.1. The van der Waals surface area contributed by atoms with Gasteiger partial charge in [-0.2, -0.15) is 18.2 Å². The normalized spacial score (nSPS) is 11.3. The fourth-order valence-corrected chi connectivity index (χ4v) is 3.21. The van der Waals surface area contributed by atoms with Crippen LogP contribution in [0, 0.1) is 5.82 Å². The lowest BCUT2D eigenvalue weighted by Gasteiger charge is -2.10. The Bertz CT molecular complexity index is 1320. The van der Waals surface area contributed by atoms with Crippen molar-refractivity contribution in [1.29, 1.82) is 0 Å². The number of anilines is 1. The van der Waals surface area contributed by atoms with Gasteiger partial charge in [0.1, 0.15) is 5.82 Å². The Balaban J connectivity index is 1.63. The highest BCUT2D eigenvalue weighted by Gasteiger charge is 2.30. The zero-order valence-electron chi connectivity index (χ0n) is 17.8. The molecule has 0 radical (unpaired) electrons. The minimum Gasteiger partial charge on any atom is -0.463 e. The van der Waals surface area contributed by atoms with Gasteiger partial charge in [0.2, 0.25) is 0 Å². The van der Waals surface area contributed by atoms with E-state index in [0.717, 1.165) is 24.3 Å². The monoisotopic (exact) mass is 470 g/mol. The molecule has 4 rings (SSSR count). The van der Waals surface area contributed by atoms with Crippen molar-refractivity contribution >= 4 is 11.6 Å². The minimum absolute atomic E-state index is 0.0678. The van der Waals surface area contributed by atoms with Crippen molar-refractivity contribution in [2.75, 3.05) is 11.9 Å². The average Bonchev–Trinajstić information content (AvgIpc) is 3.23. The standard InChI is InChI=1S/C24H18F4N4O2/c1-2-34-23-30-21(16-5-3-6-18(25)13-16)32(31-23)20-8-4-7-19(14-20)29-22(33)15-9-11-17(12-10-15)24(26,27)28/h3-14H,2H2,1H3,(H,29,33). The lowest BCUT2D eigenvalue weighted by molar-refractivity contribution is -0.137. The van der Waals surface area contributed by atoms with Gasteiger partial charge in [-0.3, -0.25) is 4.79 Å². The van der Waals surface area contributed by atoms with E-state index in [1.807, 2.05) is 0 Å². The summed E-state index contributed by atoms with van der Waals surface area (Å²) in [4.78, 5) is 16.9. The zero-order chi connectivity index (χ0) is 24.3. The molecule has 1 amide bonds. The van der Waals surface area contributed by atoms with E-state index < -0.39 is 23.5 Å². The molecule has 0 bridgehead atoms. The molecule has 6 nitrogen and oxygen atoms in total. The third-order valence-electron chi connectivity index (χ3n) is 4.77. The van der Waals surface area contributed by atoms with Gasteiger partial charge in [-0.05, 0) is 61.5 Å². The van der Waals surface area contributed by atoms with Gasteiger partial charge in [-0.25, -0.2) is 9.07 Å². The largest absolute Gasteiger partial charge is 0.463 e. The van der Waals surface area contributed by atoms with Crippen LogP contribution < -0.4 is 10.1 Å². The summed E-state index contributed by atoms with van der Waals surface area (Å²) in [7, 11) is 0. The highest BCUT2D eigenvalue weighted by Crippen LogP contribution is 2.29. The minimum atomic E-state index is -4.49. The molecule has 4 aromatic rings. The summed E-state index contributed by atoms with van der Waals surface area (Å²) in [5.41, 5.74) is 0.576. The predicted molar refractivity (Wildman–Crippen MR) is 117 cm³/mol. The molecule has 174 valence electrons. The number of hydrogen-bond acceptors (Lipinski definition) is 4. The van der Waals surface area contributed by atoms with Crippen LogP contribution in [0.15, 0.2) is 72.8 Å². The second-order valence-electron chi connectivity index (χ2n) is 7.15. The average molecular weight is 470 g/mol. The number of halogens is 4. The fourth-order valence-electron chi connectivity index (χ4n) is 3.21. The second kappa shape index (κ2) is 9.34. The van der Waals surface area contributed by atoms with E-state index in [9.17, 15) is 22.4 Å². The quantitative estimate of drug-likeness (QED) is 0.365. The maximum Gasteiger partial charge on any atom is 0.416 e. The summed E-state index contributed by atoms with van der Waals surface area (Å²) in [5.74, 6) is -0.693. The van der Waals surface area contributed by atoms with E-state index >= 15 is 0 Å². The zero-order valence-corrected chi connectivity index (χ0v) is 17.8. The van der Waals surface area contributed by atoms with E-state index in [1.54, 1.807) is 43.3 Å². The first kappa shape index (κ1) is 23.0. The van der Waals surface area contributed by atoms with Gasteiger partial charge in [-0.1, -0.05) is 18.2 Å². The van der Waals surface area contributed by atoms with E-state index in [-0.39, 0.29) is 11.6 Å². The molecule has 1 aromatic heterocycles. The summed E-state index contributed by atoms with van der Waals surface area (Å²) < 4.78 is 58.9. The number of nitrogens with zero attached hydrogens (tertiary/aromatic N) is 3. The van der Waals surface area contributed by atoms with Crippen LogP contribution in [0.4, 0.5) is 23.2 Å². The Labute approximate surface area is 191 Å². The summed E-state index contributed by atoms with van der Waals surface area (Å²) in [6.07, 6.45) is -4.49. The summed E-state index contributed by atoms with van der Waals surface area (Å²) in [5, 5.41) is 6.98. The number of carbonyl (C=O) groups is 1. The van der Waals surface area contributed by atoms with Crippen molar-refractivity contribution in [3.8, 4) is 23.1 Å². The molecule has 3 aromatic carbocycles. The molecule has 0 aliphatic carbocycles. The second-order valence-corrected chi connectivity index (χ2v) is 7.15. The molecule has 1 N–H and O–H groups in total. The summed E-state index contributed by atoms with van der Waals surface area (Å²) >= 11 is 0. The number of carbonyl (C=O) groups excluding carboxylic acids is 1. The summed E-state index contributed by atoms with van der Waals surface area (Å²) in [6, 6.07) is 16.5. The van der Waals surface area contributed by atoms with Gasteiger partial charge in [0.15, 0.2) is 5.82 Å². The molecule has 0 saturated carbocycles. The molecule has 0 unspecified atom stereocenters. The smallest absolute Gasteiger partial charge is 0.416 e. The Morgan fingerprint density at radius 2 is 1.76 bits per heavy atom. The van der Waals surface area contributed by atoms with Gasteiger partial charge in [-0.15, -0.1) is 5.10 Å². The summed E-state index contributed by atoms with van der Waals surface area (Å²) in [6.45, 7) is 2.11. The van der Waals surface area contributed by atoms with Crippen molar-refractivity contribution < 1.29 is 27.1 Å². The predicted octanol–water partition coefficient (Wildman–Crippen LogP) is 5.74. The third kappa shape index (κ3) is 5.06. The maximum absolute atomic E-state index is 13.8. The molecule has 0 fully saturated rings. The van der Waals surface area contributed by atoms with Gasteiger partial charge in [0.25, 0.3) is 5.91 Å². The molecule has 10 heteroatoms. The number of aromatic nitrogens is 3. The molecular formula is C24H18F4N4O2. The number of rotatable bonds is 6. The Morgan fingerprint density at radius 3 is 2.44 bits per heavy atom. The first-order chi connectivity index (χ1) is 16.2. The van der Waals surface area contributed by atoms with Crippen molar-refractivity contribution in [2.45, 2.75) is 13.1 Å². The van der Waals surface area contributed by atoms with Gasteiger partial charge >= 0.3 is 12.2 Å². The van der Waals surface area contributed by atoms with Gasteiger partial charge in [0, 0.05) is 16.8 Å². The SMILES string of the molecule is CCOc1nc(-c2cccc(F)c2)n(-c2cccc(NC(=O)c3ccc(C(F)(F)F)cc3)c2)n1. The van der Waals surface area contributed by atoms with Crippen LogP contribution in [0.5, 0.6) is 6.01 Å². The van der Waals surface area contributed by atoms with Crippen molar-refractivity contribution in [1.82, 2.24) is 14.8 Å². The number of alkyl halides is 3. The van der Waals surface area contributed by atoms with Crippen molar-refractivity contribution in [3.63, 3.8) is 0 Å². The molecule has 0 saturated heterocycles. The Kier molecular flexibility index (Phi) is 6.31. The van der Waals surface area contributed by atoms with Crippen LogP contribution in [0.1, 0.15) is 22.8 Å². The number of hydrogen-bond donors (Lipinski definition) is 1. The Morgan fingerprint density at radius 1 is 1.03 bits per heavy atom. The van der Waals surface area contributed by atoms with Crippen LogP contribution in [0.2, 0.25) is 0 Å². The highest BCUT2D eigenvalue weighted by atomic mass is 19.4. The first-order valence-corrected chi connectivity index (χ1v) is 10.2. The van der Waals surface area contributed by atoms with Crippen LogP contribution >= 0.6 is 0 Å². The molecule has 0 aliphatic rings. The molecule has 0 aliphatic heterocycles. The molecule has 34 heavy (non-hydrogen) atoms. The first-order valence-electron chi connectivity index (χ1n) is 10.2. The topological polar surface area (TPSA) is 69.0 Å². The number of benzene rings is 3. The molecule has 0 spiro atoms. The van der Waals surface area contributed by atoms with Crippen LogP contribution in [0.25, 0.3) is 17.1 Å². The molecule has 0 atom stereocenters.